The Morgan fingerprint density at radius 3 is 2.04 bits per heavy atom. The summed E-state index contributed by atoms with van der Waals surface area (Å²) in [5, 5.41) is 0.134. The van der Waals surface area contributed by atoms with Gasteiger partial charge in [0.25, 0.3) is 8.32 Å². The highest BCUT2D eigenvalue weighted by molar-refractivity contribution is 9.10. The van der Waals surface area contributed by atoms with Gasteiger partial charge in [0.15, 0.2) is 5.78 Å². The van der Waals surface area contributed by atoms with Crippen molar-refractivity contribution in [1.82, 2.24) is 0 Å². The Morgan fingerprint density at radius 1 is 1.04 bits per heavy atom. The predicted molar refractivity (Wildman–Crippen MR) is 111 cm³/mol. The van der Waals surface area contributed by atoms with E-state index >= 15 is 0 Å². The SMILES string of the molecule is Cc1cc(C(=O)c2ccccc2Br)cc(C)c1O[Si](C)(C)C(C)(C)C. The van der Waals surface area contributed by atoms with Gasteiger partial charge in [-0.2, -0.15) is 0 Å². The fraction of sp³-hybridized carbons (Fsp3) is 0.381. The van der Waals surface area contributed by atoms with Crippen molar-refractivity contribution in [3.8, 4) is 5.75 Å². The number of rotatable bonds is 4. The van der Waals surface area contributed by atoms with Gasteiger partial charge in [0.1, 0.15) is 5.75 Å². The van der Waals surface area contributed by atoms with Crippen LogP contribution < -0.4 is 4.43 Å². The molecule has 0 unspecified atom stereocenters. The van der Waals surface area contributed by atoms with Crippen molar-refractivity contribution in [3.05, 3.63) is 63.1 Å². The molecule has 4 heteroatoms. The highest BCUT2D eigenvalue weighted by Crippen LogP contribution is 2.39. The van der Waals surface area contributed by atoms with Crippen LogP contribution in [0.15, 0.2) is 40.9 Å². The molecule has 134 valence electrons. The van der Waals surface area contributed by atoms with Crippen LogP contribution in [-0.4, -0.2) is 14.1 Å². The summed E-state index contributed by atoms with van der Waals surface area (Å²) in [6.45, 7) is 15.2. The summed E-state index contributed by atoms with van der Waals surface area (Å²) in [4.78, 5) is 12.9. The molecule has 0 heterocycles. The number of ketones is 1. The van der Waals surface area contributed by atoms with E-state index in [-0.39, 0.29) is 10.8 Å². The van der Waals surface area contributed by atoms with Crippen LogP contribution in [0, 0.1) is 13.8 Å². The first-order valence-corrected chi connectivity index (χ1v) is 12.2. The number of carbonyl (C=O) groups is 1. The number of hydrogen-bond acceptors (Lipinski definition) is 2. The van der Waals surface area contributed by atoms with Gasteiger partial charge < -0.3 is 4.43 Å². The van der Waals surface area contributed by atoms with E-state index in [1.807, 2.05) is 50.2 Å². The molecule has 0 aliphatic rings. The molecule has 25 heavy (non-hydrogen) atoms. The van der Waals surface area contributed by atoms with Crippen molar-refractivity contribution in [1.29, 1.82) is 0 Å². The minimum Gasteiger partial charge on any atom is -0.543 e. The summed E-state index contributed by atoms with van der Waals surface area (Å²) in [6, 6.07) is 11.4. The maximum Gasteiger partial charge on any atom is 0.250 e. The van der Waals surface area contributed by atoms with E-state index in [0.29, 0.717) is 11.1 Å². The Morgan fingerprint density at radius 2 is 1.56 bits per heavy atom. The molecule has 0 radical (unpaired) electrons. The first-order valence-electron chi connectivity index (χ1n) is 8.53. The second-order valence-electron chi connectivity index (χ2n) is 8.11. The van der Waals surface area contributed by atoms with Crippen molar-refractivity contribution in [2.45, 2.75) is 52.8 Å². The third-order valence-corrected chi connectivity index (χ3v) is 10.0. The molecule has 0 bridgehead atoms. The first kappa shape index (κ1) is 19.9. The van der Waals surface area contributed by atoms with Crippen molar-refractivity contribution in [2.24, 2.45) is 0 Å². The van der Waals surface area contributed by atoms with Gasteiger partial charge in [-0.15, -0.1) is 0 Å². The quantitative estimate of drug-likeness (QED) is 0.408. The van der Waals surface area contributed by atoms with E-state index in [0.717, 1.165) is 21.3 Å². The van der Waals surface area contributed by atoms with Crippen molar-refractivity contribution in [2.75, 3.05) is 0 Å². The van der Waals surface area contributed by atoms with Crippen LogP contribution in [0.3, 0.4) is 0 Å². The summed E-state index contributed by atoms with van der Waals surface area (Å²) < 4.78 is 7.33. The van der Waals surface area contributed by atoms with E-state index in [1.54, 1.807) is 0 Å². The van der Waals surface area contributed by atoms with Gasteiger partial charge in [0.2, 0.25) is 0 Å². The van der Waals surface area contributed by atoms with Crippen LogP contribution in [0.2, 0.25) is 18.1 Å². The van der Waals surface area contributed by atoms with Gasteiger partial charge >= 0.3 is 0 Å². The lowest BCUT2D eigenvalue weighted by molar-refractivity contribution is 0.103. The molecule has 2 aromatic rings. The zero-order valence-electron chi connectivity index (χ0n) is 16.2. The van der Waals surface area contributed by atoms with Crippen molar-refractivity contribution >= 4 is 30.0 Å². The van der Waals surface area contributed by atoms with Crippen LogP contribution in [0.25, 0.3) is 0 Å². The Bertz CT molecular complexity index is 781. The molecule has 0 saturated heterocycles. The minimum absolute atomic E-state index is 0.0255. The van der Waals surface area contributed by atoms with E-state index < -0.39 is 8.32 Å². The molecule has 0 aliphatic heterocycles. The lowest BCUT2D eigenvalue weighted by Crippen LogP contribution is -2.44. The third-order valence-electron chi connectivity index (χ3n) is 5.00. The molecule has 0 saturated carbocycles. The second kappa shape index (κ2) is 7.08. The summed E-state index contributed by atoms with van der Waals surface area (Å²) in [7, 11) is -1.92. The number of carbonyl (C=O) groups excluding carboxylic acids is 1. The number of halogens is 1. The van der Waals surface area contributed by atoms with E-state index in [9.17, 15) is 4.79 Å². The maximum atomic E-state index is 12.9. The third kappa shape index (κ3) is 4.24. The standard InChI is InChI=1S/C21H27BrO2Si/c1-14-12-16(19(23)17-10-8-9-11-18(17)22)13-15(2)20(14)24-25(6,7)21(3,4)5/h8-13H,1-7H3. The molecular formula is C21H27BrO2Si. The lowest BCUT2D eigenvalue weighted by atomic mass is 9.99. The van der Waals surface area contributed by atoms with Crippen molar-refractivity contribution < 1.29 is 9.22 Å². The number of aryl methyl sites for hydroxylation is 2. The van der Waals surface area contributed by atoms with Crippen LogP contribution >= 0.6 is 15.9 Å². The molecule has 0 N–H and O–H groups in total. The fourth-order valence-electron chi connectivity index (χ4n) is 2.45. The van der Waals surface area contributed by atoms with Gasteiger partial charge in [-0.05, 0) is 67.4 Å². The van der Waals surface area contributed by atoms with Gasteiger partial charge in [-0.25, -0.2) is 0 Å². The molecule has 2 aromatic carbocycles. The van der Waals surface area contributed by atoms with Crippen LogP contribution in [0.5, 0.6) is 5.75 Å². The number of hydrogen-bond donors (Lipinski definition) is 0. The summed E-state index contributed by atoms with van der Waals surface area (Å²) in [5.41, 5.74) is 3.41. The van der Waals surface area contributed by atoms with Crippen LogP contribution in [0.4, 0.5) is 0 Å². The molecular weight excluding hydrogens is 392 g/mol. The normalized spacial score (nSPS) is 12.2. The molecule has 0 atom stereocenters. The topological polar surface area (TPSA) is 26.3 Å². The summed E-state index contributed by atoms with van der Waals surface area (Å²) in [6.07, 6.45) is 0. The zero-order chi connectivity index (χ0) is 19.0. The van der Waals surface area contributed by atoms with Crippen molar-refractivity contribution in [3.63, 3.8) is 0 Å². The molecule has 0 aliphatic carbocycles. The average Bonchev–Trinajstić information content (AvgIpc) is 2.49. The highest BCUT2D eigenvalue weighted by Gasteiger charge is 2.39. The maximum absolute atomic E-state index is 12.9. The smallest absolute Gasteiger partial charge is 0.250 e. The Balaban J connectivity index is 2.41. The Labute approximate surface area is 160 Å². The van der Waals surface area contributed by atoms with Gasteiger partial charge in [0, 0.05) is 15.6 Å². The number of benzene rings is 2. The van der Waals surface area contributed by atoms with Crippen LogP contribution in [-0.2, 0) is 0 Å². The first-order chi connectivity index (χ1) is 11.4. The van der Waals surface area contributed by atoms with E-state index in [4.69, 9.17) is 4.43 Å². The zero-order valence-corrected chi connectivity index (χ0v) is 18.7. The van der Waals surface area contributed by atoms with Crippen LogP contribution in [0.1, 0.15) is 47.8 Å². The molecule has 0 amide bonds. The van der Waals surface area contributed by atoms with E-state index in [2.05, 4.69) is 49.8 Å². The van der Waals surface area contributed by atoms with Gasteiger partial charge in [-0.1, -0.05) is 48.8 Å². The average molecular weight is 419 g/mol. The Kier molecular flexibility index (Phi) is 5.64. The van der Waals surface area contributed by atoms with Gasteiger partial charge in [-0.3, -0.25) is 4.79 Å². The Hall–Kier alpha value is -1.39. The highest BCUT2D eigenvalue weighted by atomic mass is 79.9. The van der Waals surface area contributed by atoms with Gasteiger partial charge in [0.05, 0.1) is 0 Å². The molecule has 2 nitrogen and oxygen atoms in total. The largest absolute Gasteiger partial charge is 0.543 e. The summed E-state index contributed by atoms with van der Waals surface area (Å²) >= 11 is 3.47. The second-order valence-corrected chi connectivity index (χ2v) is 13.7. The minimum atomic E-state index is -1.92. The molecule has 0 aromatic heterocycles. The lowest BCUT2D eigenvalue weighted by Gasteiger charge is -2.37. The fourth-order valence-corrected chi connectivity index (χ4v) is 4.05. The van der Waals surface area contributed by atoms with E-state index in [1.165, 1.54) is 0 Å². The molecule has 0 spiro atoms. The monoisotopic (exact) mass is 418 g/mol. The molecule has 2 rings (SSSR count). The summed E-state index contributed by atoms with van der Waals surface area (Å²) in [5.74, 6) is 0.952. The predicted octanol–water partition coefficient (Wildman–Crippen LogP) is 6.68. The molecule has 0 fully saturated rings.